The van der Waals surface area contributed by atoms with Gasteiger partial charge in [-0.3, -0.25) is 0 Å². The zero-order valence-corrected chi connectivity index (χ0v) is 10.7. The first-order chi connectivity index (χ1) is 4.18. The van der Waals surface area contributed by atoms with E-state index < -0.39 is 0 Å². The molecular weight excluding hydrogens is 207 g/mol. The molecule has 0 heterocycles. The first-order valence-electron chi connectivity index (χ1n) is 3.33. The minimum atomic E-state index is 0.178. The van der Waals surface area contributed by atoms with Crippen LogP contribution in [0.1, 0.15) is 26.2 Å². The topological polar surface area (TPSA) is 17.1 Å². The number of hydrogen-bond donors (Lipinski definition) is 0. The van der Waals surface area contributed by atoms with Crippen LogP contribution in [0.2, 0.25) is 0 Å². The van der Waals surface area contributed by atoms with Gasteiger partial charge in [0.1, 0.15) is 0 Å². The van der Waals surface area contributed by atoms with Crippen LogP contribution in [0.25, 0.3) is 0 Å². The molecule has 0 spiro atoms. The molecule has 48 valence electrons. The van der Waals surface area contributed by atoms with Crippen LogP contribution < -0.4 is 0 Å². The maximum absolute atomic E-state index is 10.7. The minimum absolute atomic E-state index is 0.178. The van der Waals surface area contributed by atoms with Gasteiger partial charge in [-0.2, -0.15) is 0 Å². The summed E-state index contributed by atoms with van der Waals surface area (Å²) in [6.45, 7) is 2.14. The van der Waals surface area contributed by atoms with Gasteiger partial charge >= 0.3 is 101 Å². The quantitative estimate of drug-likeness (QED) is 0.516. The third kappa shape index (κ3) is 6.20. The van der Waals surface area contributed by atoms with Gasteiger partial charge in [0.25, 0.3) is 0 Å². The average Bonchev–Trinajstić information content (AvgIpc) is 1.82. The van der Waals surface area contributed by atoms with E-state index in [0.717, 1.165) is 12.8 Å². The Bertz CT molecular complexity index is 95.1. The predicted octanol–water partition coefficient (Wildman–Crippen LogP) is 1.64. The van der Waals surface area contributed by atoms with Crippen LogP contribution in [0, 0.1) is 0 Å². The fourth-order valence-corrected chi connectivity index (χ4v) is 1.36. The van der Waals surface area contributed by atoms with Gasteiger partial charge in [-0.1, -0.05) is 0 Å². The number of unbranched alkanes of at least 4 members (excludes halogenated alkanes) is 1. The molecule has 0 amide bonds. The third-order valence-electron chi connectivity index (χ3n) is 1.25. The summed E-state index contributed by atoms with van der Waals surface area (Å²) in [5.74, 6) is 0. The van der Waals surface area contributed by atoms with Crippen molar-refractivity contribution in [3.63, 3.8) is 0 Å². The maximum atomic E-state index is 10.7. The van der Waals surface area contributed by atoms with Crippen molar-refractivity contribution in [1.29, 1.82) is 0 Å². The molecule has 1 unspecified atom stereocenters. The van der Waals surface area contributed by atoms with Crippen LogP contribution in [0.4, 0.5) is 0 Å². The Morgan fingerprint density at radius 2 is 2.33 bits per heavy atom. The van der Waals surface area contributed by atoms with E-state index in [1.165, 1.54) is 6.42 Å². The molecule has 9 heavy (non-hydrogen) atoms. The Hall–Kier alpha value is 1.79. The second kappa shape index (κ2) is 6.49. The van der Waals surface area contributed by atoms with Gasteiger partial charge in [-0.25, -0.2) is 0 Å². The van der Waals surface area contributed by atoms with Crippen LogP contribution >= 0.6 is 15.9 Å². The molecule has 3 heteroatoms. The summed E-state index contributed by atoms with van der Waals surface area (Å²) in [5, 5.41) is 0. The summed E-state index contributed by atoms with van der Waals surface area (Å²) >= 11 is 3.70. The van der Waals surface area contributed by atoms with E-state index in [2.05, 4.69) is 22.9 Å². The van der Waals surface area contributed by atoms with E-state index in [1.54, 1.807) is 0 Å². The molecule has 0 aliphatic heterocycles. The van der Waals surface area contributed by atoms with Crippen molar-refractivity contribution in [3.8, 4) is 0 Å². The van der Waals surface area contributed by atoms with Crippen molar-refractivity contribution in [2.24, 2.45) is 0 Å². The molecule has 0 saturated carbocycles. The summed E-state index contributed by atoms with van der Waals surface area (Å²) in [6, 6.07) is 0. The van der Waals surface area contributed by atoms with Crippen LogP contribution in [-0.4, -0.2) is 53.7 Å². The third-order valence-corrected chi connectivity index (χ3v) is 4.76. The van der Waals surface area contributed by atoms with E-state index in [0.29, 0.717) is 48.8 Å². The number of alkyl halides is 1. The summed E-state index contributed by atoms with van der Waals surface area (Å²) in [4.78, 5) is 10.9. The van der Waals surface area contributed by atoms with Gasteiger partial charge in [-0.05, 0) is 0 Å². The second-order valence-electron chi connectivity index (χ2n) is 2.22. The van der Waals surface area contributed by atoms with Crippen molar-refractivity contribution in [1.82, 2.24) is 0 Å². The molecule has 1 nitrogen and oxygen atoms in total. The van der Waals surface area contributed by atoms with E-state index in [-0.39, 0.29) is 4.83 Å². The molecule has 0 N–H and O–H groups in total. The number of carbonyl (C=O) groups is 1. The van der Waals surface area contributed by atoms with Gasteiger partial charge in [-0.15, -0.1) is 0 Å². The Kier molecular flexibility index (Phi) is 7.78. The summed E-state index contributed by atoms with van der Waals surface area (Å²) in [5.41, 5.74) is 0. The predicted molar refractivity (Wildman–Crippen MR) is 43.0 cm³/mol. The van der Waals surface area contributed by atoms with Crippen molar-refractivity contribution in [2.75, 3.05) is 0 Å². The first-order valence-corrected chi connectivity index (χ1v) is 5.80. The number of halogens is 1. The molecule has 0 radical (unpaired) electrons. The number of carbonyl (C=O) groups excluding carboxylic acids is 1. The Balaban J connectivity index is 3.27. The number of rotatable bonds is 4. The molecule has 0 bridgehead atoms. The molecule has 0 aromatic rings. The van der Waals surface area contributed by atoms with Gasteiger partial charge in [0.2, 0.25) is 0 Å². The van der Waals surface area contributed by atoms with Crippen LogP contribution in [-0.2, 0) is 4.79 Å². The van der Waals surface area contributed by atoms with Gasteiger partial charge in [0, 0.05) is 0 Å². The Morgan fingerprint density at radius 3 is 2.67 bits per heavy atom. The molecule has 0 aromatic heterocycles. The van der Waals surface area contributed by atoms with Crippen molar-refractivity contribution in [2.45, 2.75) is 31.0 Å². The van der Waals surface area contributed by atoms with E-state index in [9.17, 15) is 4.79 Å². The van der Waals surface area contributed by atoms with Crippen LogP contribution in [0.5, 0.6) is 0 Å². The summed E-state index contributed by atoms with van der Waals surface area (Å²) < 4.78 is 0.427. The fourth-order valence-electron chi connectivity index (χ4n) is 0.587. The van der Waals surface area contributed by atoms with Crippen molar-refractivity contribution < 1.29 is 4.79 Å². The molecule has 0 rings (SSSR count). The van der Waals surface area contributed by atoms with Gasteiger partial charge < -0.3 is 0 Å². The normalized spacial score (nSPS) is 13.3. The monoisotopic (exact) mass is 216 g/mol. The molecule has 0 aliphatic carbocycles. The molecule has 1 atom stereocenters. The molecule has 0 saturated heterocycles. The van der Waals surface area contributed by atoms with E-state index in [4.69, 9.17) is 0 Å². The number of hydrogen-bond acceptors (Lipinski definition) is 1. The zero-order valence-electron chi connectivity index (χ0n) is 5.98. The molecular formula is C6H10BrKO. The molecule has 0 aromatic carbocycles. The molecule has 0 fully saturated rings. The van der Waals surface area contributed by atoms with E-state index in [1.807, 2.05) is 0 Å². The van der Waals surface area contributed by atoms with Gasteiger partial charge in [0.05, 0.1) is 0 Å². The standard InChI is InChI=1S/C6H10BrO.K/c1-2-3-4-6(7)5-8;/h6H,2-4H2,1H3;. The molecule has 0 aliphatic rings. The second-order valence-corrected chi connectivity index (χ2v) is 4.86. The SMILES string of the molecule is CCCCC(Br)[C](=O)[K]. The van der Waals surface area contributed by atoms with Crippen molar-refractivity contribution >= 4 is 64.8 Å². The first kappa shape index (κ1) is 10.8. The van der Waals surface area contributed by atoms with Crippen molar-refractivity contribution in [3.05, 3.63) is 0 Å². The Morgan fingerprint density at radius 1 is 1.78 bits per heavy atom. The van der Waals surface area contributed by atoms with Crippen LogP contribution in [0.3, 0.4) is 0 Å². The summed E-state index contributed by atoms with van der Waals surface area (Å²) in [6.07, 6.45) is 3.37. The zero-order chi connectivity index (χ0) is 7.28. The van der Waals surface area contributed by atoms with Gasteiger partial charge in [0.15, 0.2) is 0 Å². The average molecular weight is 217 g/mol. The summed E-state index contributed by atoms with van der Waals surface area (Å²) in [7, 11) is 0. The Labute approximate surface area is 98.7 Å². The van der Waals surface area contributed by atoms with E-state index >= 15 is 0 Å². The van der Waals surface area contributed by atoms with Crippen LogP contribution in [0.15, 0.2) is 0 Å². The fraction of sp³-hybridized carbons (Fsp3) is 0.833.